The van der Waals surface area contributed by atoms with Gasteiger partial charge < -0.3 is 29.7 Å². The maximum Gasteiger partial charge on any atom is 3.00 e. The Bertz CT molecular complexity index is 744. The molecular formula is C48H87InO6. The monoisotopic (exact) mass is 875 g/mol. The first-order chi connectivity index (χ1) is 26.3. The Hall–Kier alpha value is -1.50. The fourth-order valence-electron chi connectivity index (χ4n) is 5.96. The average Bonchev–Trinajstić information content (AvgIpc) is 3.14. The van der Waals surface area contributed by atoms with Gasteiger partial charge in [0.15, 0.2) is 0 Å². The van der Waals surface area contributed by atoms with Crippen LogP contribution < -0.4 is 15.3 Å². The van der Waals surface area contributed by atoms with Crippen molar-refractivity contribution in [3.63, 3.8) is 0 Å². The summed E-state index contributed by atoms with van der Waals surface area (Å²) in [6.07, 6.45) is 53.9. The number of carbonyl (C=O) groups excluding carboxylic acids is 3. The number of carboxylic acid groups (broad SMARTS) is 3. The van der Waals surface area contributed by atoms with Crippen LogP contribution in [-0.2, 0) is 14.4 Å². The van der Waals surface area contributed by atoms with E-state index < -0.39 is 17.9 Å². The van der Waals surface area contributed by atoms with Gasteiger partial charge in [0.2, 0.25) is 0 Å². The van der Waals surface area contributed by atoms with Crippen LogP contribution in [0.25, 0.3) is 0 Å². The summed E-state index contributed by atoms with van der Waals surface area (Å²) in [6, 6.07) is 0. The smallest absolute Gasteiger partial charge is 0.550 e. The SMILES string of the molecule is CCCCCC/C=C\CCCCCCCC(=O)[O-].CCCCCC/C=C\CCCCCCCC(=O)[O-].CCCCCC/C=C\CCCCCCCC(=O)[O-].[In+3]. The van der Waals surface area contributed by atoms with Crippen molar-refractivity contribution in [2.75, 3.05) is 0 Å². The second kappa shape index (κ2) is 56.8. The van der Waals surface area contributed by atoms with Crippen LogP contribution in [0.4, 0.5) is 0 Å². The number of carbonyl (C=O) groups is 3. The summed E-state index contributed by atoms with van der Waals surface area (Å²) < 4.78 is 0. The Kier molecular flexibility index (Phi) is 62.2. The molecule has 0 aliphatic carbocycles. The van der Waals surface area contributed by atoms with Gasteiger partial charge in [-0.3, -0.25) is 0 Å². The average molecular weight is 875 g/mol. The van der Waals surface area contributed by atoms with Crippen molar-refractivity contribution in [1.29, 1.82) is 0 Å². The molecule has 0 unspecified atom stereocenters. The van der Waals surface area contributed by atoms with E-state index in [1.165, 1.54) is 154 Å². The molecule has 7 heteroatoms. The zero-order chi connectivity index (χ0) is 40.4. The molecule has 0 N–H and O–H groups in total. The Balaban J connectivity index is -0.000000351. The van der Waals surface area contributed by atoms with E-state index in [-0.39, 0.29) is 45.1 Å². The van der Waals surface area contributed by atoms with Crippen LogP contribution in [0.2, 0.25) is 0 Å². The number of carboxylic acids is 3. The number of allylic oxidation sites excluding steroid dienone is 6. The minimum Gasteiger partial charge on any atom is -0.550 e. The van der Waals surface area contributed by atoms with Gasteiger partial charge in [-0.05, 0) is 116 Å². The number of hydrogen-bond acceptors (Lipinski definition) is 6. The summed E-state index contributed by atoms with van der Waals surface area (Å²) in [5.74, 6) is -2.75. The van der Waals surface area contributed by atoms with Crippen LogP contribution in [0, 0.1) is 0 Å². The van der Waals surface area contributed by atoms with E-state index in [1.807, 2.05) is 0 Å². The standard InChI is InChI=1S/3C16H30O2.In/c3*1-2-3-4-5-6-7-8-9-10-11-12-13-14-15-16(17)18;/h3*7-8H,2-6,9-15H2,1H3,(H,17,18);/q;;;+3/p-3/b3*8-7-;. The summed E-state index contributed by atoms with van der Waals surface area (Å²) in [7, 11) is 0. The maximum atomic E-state index is 10.2. The summed E-state index contributed by atoms with van der Waals surface area (Å²) in [6.45, 7) is 6.72. The van der Waals surface area contributed by atoms with Crippen molar-refractivity contribution < 1.29 is 29.7 Å². The third-order valence-electron chi connectivity index (χ3n) is 9.43. The molecule has 0 heterocycles. The van der Waals surface area contributed by atoms with Gasteiger partial charge >= 0.3 is 25.8 Å². The van der Waals surface area contributed by atoms with Crippen LogP contribution in [-0.4, -0.2) is 43.8 Å². The molecule has 0 aliphatic heterocycles. The molecule has 318 valence electrons. The summed E-state index contributed by atoms with van der Waals surface area (Å²) in [5, 5.41) is 30.5. The molecule has 55 heavy (non-hydrogen) atoms. The van der Waals surface area contributed by atoms with Gasteiger partial charge in [0, 0.05) is 17.9 Å². The minimum atomic E-state index is -0.916. The molecule has 0 aromatic rings. The molecule has 0 fully saturated rings. The van der Waals surface area contributed by atoms with E-state index in [1.54, 1.807) is 0 Å². The molecule has 0 saturated heterocycles. The molecule has 0 aromatic carbocycles. The van der Waals surface area contributed by atoms with Gasteiger partial charge in [-0.25, -0.2) is 0 Å². The van der Waals surface area contributed by atoms with E-state index in [9.17, 15) is 29.7 Å². The van der Waals surface area contributed by atoms with Crippen molar-refractivity contribution in [3.8, 4) is 0 Å². The molecule has 0 radical (unpaired) electrons. The number of aliphatic carboxylic acids is 3. The Morgan fingerprint density at radius 3 is 0.636 bits per heavy atom. The predicted octanol–water partition coefficient (Wildman–Crippen LogP) is 11.6. The van der Waals surface area contributed by atoms with E-state index in [2.05, 4.69) is 57.2 Å². The molecule has 0 saturated carbocycles. The maximum absolute atomic E-state index is 10.2. The Labute approximate surface area is 360 Å². The van der Waals surface area contributed by atoms with Gasteiger partial charge in [0.25, 0.3) is 0 Å². The Morgan fingerprint density at radius 2 is 0.455 bits per heavy atom. The van der Waals surface area contributed by atoms with Gasteiger partial charge in [0.1, 0.15) is 0 Å². The van der Waals surface area contributed by atoms with Crippen molar-refractivity contribution >= 4 is 43.8 Å². The van der Waals surface area contributed by atoms with Gasteiger partial charge in [-0.2, -0.15) is 0 Å². The molecule has 0 rings (SSSR count). The molecule has 0 amide bonds. The molecule has 0 bridgehead atoms. The number of rotatable bonds is 39. The van der Waals surface area contributed by atoms with Crippen LogP contribution in [0.15, 0.2) is 36.5 Å². The summed E-state index contributed by atoms with van der Waals surface area (Å²) in [5.41, 5.74) is 0. The molecule has 6 nitrogen and oxygen atoms in total. The van der Waals surface area contributed by atoms with E-state index in [4.69, 9.17) is 0 Å². The summed E-state index contributed by atoms with van der Waals surface area (Å²) in [4.78, 5) is 30.5. The largest absolute Gasteiger partial charge is 3.00 e. The number of hydrogen-bond donors (Lipinski definition) is 0. The van der Waals surface area contributed by atoms with Crippen LogP contribution in [0.5, 0.6) is 0 Å². The molecule has 0 aliphatic rings. The second-order valence-electron chi connectivity index (χ2n) is 15.0. The first kappa shape index (κ1) is 60.2. The van der Waals surface area contributed by atoms with Crippen LogP contribution in [0.1, 0.15) is 252 Å². The van der Waals surface area contributed by atoms with E-state index in [0.717, 1.165) is 57.8 Å². The summed E-state index contributed by atoms with van der Waals surface area (Å²) >= 11 is 0. The second-order valence-corrected chi connectivity index (χ2v) is 15.0. The molecule has 0 aromatic heterocycles. The Morgan fingerprint density at radius 1 is 0.291 bits per heavy atom. The zero-order valence-corrected chi connectivity index (χ0v) is 39.7. The molecule has 0 spiro atoms. The van der Waals surface area contributed by atoms with E-state index in [0.29, 0.717) is 0 Å². The quantitative estimate of drug-likeness (QED) is 0.0448. The van der Waals surface area contributed by atoms with Crippen LogP contribution in [0.3, 0.4) is 0 Å². The van der Waals surface area contributed by atoms with Gasteiger partial charge in [0.05, 0.1) is 0 Å². The fourth-order valence-corrected chi connectivity index (χ4v) is 5.96. The first-order valence-corrected chi connectivity index (χ1v) is 22.9. The third-order valence-corrected chi connectivity index (χ3v) is 9.43. The molecule has 0 atom stereocenters. The van der Waals surface area contributed by atoms with Crippen molar-refractivity contribution in [2.45, 2.75) is 252 Å². The van der Waals surface area contributed by atoms with Crippen LogP contribution >= 0.6 is 0 Å². The van der Waals surface area contributed by atoms with Gasteiger partial charge in [-0.15, -0.1) is 0 Å². The fraction of sp³-hybridized carbons (Fsp3) is 0.812. The molecular weight excluding hydrogens is 787 g/mol. The van der Waals surface area contributed by atoms with Crippen molar-refractivity contribution in [1.82, 2.24) is 0 Å². The normalized spacial score (nSPS) is 11.0. The first-order valence-electron chi connectivity index (χ1n) is 22.9. The third kappa shape index (κ3) is 70.8. The minimum absolute atomic E-state index is 0. The number of unbranched alkanes of at least 4 members (excludes halogenated alkanes) is 27. The van der Waals surface area contributed by atoms with Crippen molar-refractivity contribution in [3.05, 3.63) is 36.5 Å². The zero-order valence-electron chi connectivity index (χ0n) is 36.4. The van der Waals surface area contributed by atoms with E-state index >= 15 is 0 Å². The topological polar surface area (TPSA) is 120 Å². The van der Waals surface area contributed by atoms with Gasteiger partial charge in [-0.1, -0.05) is 173 Å². The predicted molar refractivity (Wildman–Crippen MR) is 231 cm³/mol. The van der Waals surface area contributed by atoms with Crippen molar-refractivity contribution in [2.24, 2.45) is 0 Å².